The number of carbonyl (C=O) groups is 1. The summed E-state index contributed by atoms with van der Waals surface area (Å²) >= 11 is 5.97. The molecule has 1 heterocycles. The number of rotatable bonds is 5. The quantitative estimate of drug-likeness (QED) is 0.756. The summed E-state index contributed by atoms with van der Waals surface area (Å²) in [4.78, 5) is 20.7. The molecule has 0 atom stereocenters. The molecule has 26 heavy (non-hydrogen) atoms. The number of anilines is 1. The molecule has 1 saturated carbocycles. The van der Waals surface area contributed by atoms with Gasteiger partial charge in [0.05, 0.1) is 0 Å². The molecule has 1 fully saturated rings. The molecule has 2 N–H and O–H groups in total. The van der Waals surface area contributed by atoms with E-state index < -0.39 is 0 Å². The highest BCUT2D eigenvalue weighted by atomic mass is 35.5. The molecule has 3 rings (SSSR count). The fourth-order valence-electron chi connectivity index (χ4n) is 2.68. The van der Waals surface area contributed by atoms with Crippen molar-refractivity contribution >= 4 is 23.3 Å². The number of carbonyl (C=O) groups excluding carboxylic acids is 1. The van der Waals surface area contributed by atoms with E-state index in [1.807, 2.05) is 24.3 Å². The maximum absolute atomic E-state index is 12.3. The lowest BCUT2D eigenvalue weighted by Gasteiger charge is -2.26. The topological polar surface area (TPSA) is 66.9 Å². The van der Waals surface area contributed by atoms with Crippen LogP contribution < -0.4 is 10.6 Å². The average Bonchev–Trinajstić information content (AvgIpc) is 2.56. The zero-order chi connectivity index (χ0) is 18.7. The Hall–Kier alpha value is -2.14. The van der Waals surface area contributed by atoms with E-state index in [-0.39, 0.29) is 16.6 Å². The highest BCUT2D eigenvalue weighted by Crippen LogP contribution is 2.28. The van der Waals surface area contributed by atoms with Crippen LogP contribution in [0.25, 0.3) is 11.1 Å². The minimum atomic E-state index is -0.0142. The van der Waals surface area contributed by atoms with E-state index in [0.717, 1.165) is 30.5 Å². The van der Waals surface area contributed by atoms with E-state index in [0.29, 0.717) is 17.4 Å². The standard InChI is InChI=1S/C20H25ClN4O/c1-20(2,3)12-23-17-16(11-22-19(21)25-17)13-7-9-14(10-8-13)18(26)24-15-5-4-6-15/h7-11,15H,4-6,12H2,1-3H3,(H,24,26)(H,22,23,25). The van der Waals surface area contributed by atoms with Gasteiger partial charge >= 0.3 is 0 Å². The van der Waals surface area contributed by atoms with Crippen molar-refractivity contribution in [1.29, 1.82) is 0 Å². The summed E-state index contributed by atoms with van der Waals surface area (Å²) in [5, 5.41) is 6.62. The molecule has 138 valence electrons. The Kier molecular flexibility index (Phi) is 5.47. The molecule has 1 amide bonds. The third-order valence-corrected chi connectivity index (χ3v) is 4.63. The molecule has 6 heteroatoms. The van der Waals surface area contributed by atoms with Gasteiger partial charge in [-0.1, -0.05) is 32.9 Å². The van der Waals surface area contributed by atoms with Crippen LogP contribution in [0.15, 0.2) is 30.5 Å². The van der Waals surface area contributed by atoms with Gasteiger partial charge in [0.15, 0.2) is 0 Å². The average molecular weight is 373 g/mol. The van der Waals surface area contributed by atoms with Crippen LogP contribution in [0.2, 0.25) is 5.28 Å². The first-order valence-electron chi connectivity index (χ1n) is 8.99. The number of hydrogen-bond donors (Lipinski definition) is 2. The molecule has 0 spiro atoms. The Morgan fingerprint density at radius 1 is 1.23 bits per heavy atom. The van der Waals surface area contributed by atoms with Gasteiger partial charge in [-0.15, -0.1) is 0 Å². The Balaban J connectivity index is 1.78. The van der Waals surface area contributed by atoms with Gasteiger partial charge < -0.3 is 10.6 Å². The first-order valence-corrected chi connectivity index (χ1v) is 9.37. The van der Waals surface area contributed by atoms with Crippen molar-refractivity contribution in [2.75, 3.05) is 11.9 Å². The number of benzene rings is 1. The van der Waals surface area contributed by atoms with Crippen LogP contribution in [-0.4, -0.2) is 28.5 Å². The number of nitrogens with zero attached hydrogens (tertiary/aromatic N) is 2. The highest BCUT2D eigenvalue weighted by molar-refractivity contribution is 6.28. The number of hydrogen-bond acceptors (Lipinski definition) is 4. The summed E-state index contributed by atoms with van der Waals surface area (Å²) in [5.41, 5.74) is 2.58. The van der Waals surface area contributed by atoms with Gasteiger partial charge in [-0.05, 0) is 54.0 Å². The van der Waals surface area contributed by atoms with E-state index in [1.165, 1.54) is 6.42 Å². The second-order valence-corrected chi connectivity index (χ2v) is 8.33. The monoisotopic (exact) mass is 372 g/mol. The van der Waals surface area contributed by atoms with Gasteiger partial charge in [0, 0.05) is 29.9 Å². The number of nitrogens with one attached hydrogen (secondary N) is 2. The zero-order valence-electron chi connectivity index (χ0n) is 15.5. The maximum atomic E-state index is 12.3. The van der Waals surface area contributed by atoms with E-state index in [1.54, 1.807) is 6.20 Å². The normalized spacial score (nSPS) is 14.6. The van der Waals surface area contributed by atoms with Crippen LogP contribution in [0, 0.1) is 5.41 Å². The van der Waals surface area contributed by atoms with Crippen LogP contribution in [0.1, 0.15) is 50.4 Å². The van der Waals surface area contributed by atoms with Crippen molar-refractivity contribution in [3.8, 4) is 11.1 Å². The predicted molar refractivity (Wildman–Crippen MR) is 106 cm³/mol. The number of amides is 1. The van der Waals surface area contributed by atoms with Gasteiger partial charge in [-0.3, -0.25) is 4.79 Å². The molecule has 1 aromatic heterocycles. The van der Waals surface area contributed by atoms with E-state index >= 15 is 0 Å². The fraction of sp³-hybridized carbons (Fsp3) is 0.450. The van der Waals surface area contributed by atoms with Gasteiger partial charge in [-0.25, -0.2) is 9.97 Å². The molecule has 0 bridgehead atoms. The van der Waals surface area contributed by atoms with Gasteiger partial charge in [0.2, 0.25) is 5.28 Å². The molecule has 0 saturated heterocycles. The second kappa shape index (κ2) is 7.62. The summed E-state index contributed by atoms with van der Waals surface area (Å²) in [5.74, 6) is 0.686. The van der Waals surface area contributed by atoms with Crippen molar-refractivity contribution < 1.29 is 4.79 Å². The molecule has 0 aliphatic heterocycles. The maximum Gasteiger partial charge on any atom is 0.251 e. The van der Waals surface area contributed by atoms with Crippen molar-refractivity contribution in [3.05, 3.63) is 41.3 Å². The number of halogens is 1. The molecule has 2 aromatic rings. The van der Waals surface area contributed by atoms with E-state index in [2.05, 4.69) is 41.4 Å². The van der Waals surface area contributed by atoms with E-state index in [4.69, 9.17) is 11.6 Å². The first kappa shape index (κ1) is 18.6. The Morgan fingerprint density at radius 3 is 2.50 bits per heavy atom. The van der Waals surface area contributed by atoms with Gasteiger partial charge in [0.1, 0.15) is 5.82 Å². The Bertz CT molecular complexity index is 779. The van der Waals surface area contributed by atoms with Crippen molar-refractivity contribution in [3.63, 3.8) is 0 Å². The third kappa shape index (κ3) is 4.73. The molecule has 1 aliphatic carbocycles. The summed E-state index contributed by atoms with van der Waals surface area (Å²) in [7, 11) is 0. The van der Waals surface area contributed by atoms with Crippen LogP contribution >= 0.6 is 11.6 Å². The van der Waals surface area contributed by atoms with E-state index in [9.17, 15) is 4.79 Å². The minimum absolute atomic E-state index is 0.0142. The van der Waals surface area contributed by atoms with Crippen molar-refractivity contribution in [1.82, 2.24) is 15.3 Å². The largest absolute Gasteiger partial charge is 0.369 e. The third-order valence-electron chi connectivity index (χ3n) is 4.44. The van der Waals surface area contributed by atoms with Crippen LogP contribution in [0.5, 0.6) is 0 Å². The lowest BCUT2D eigenvalue weighted by Crippen LogP contribution is -2.39. The van der Waals surface area contributed by atoms with Crippen LogP contribution in [0.3, 0.4) is 0 Å². The molecule has 5 nitrogen and oxygen atoms in total. The van der Waals surface area contributed by atoms with Crippen LogP contribution in [0.4, 0.5) is 5.82 Å². The molecular weight excluding hydrogens is 348 g/mol. The van der Waals surface area contributed by atoms with Gasteiger partial charge in [0.25, 0.3) is 5.91 Å². The molecule has 1 aliphatic rings. The smallest absolute Gasteiger partial charge is 0.251 e. The summed E-state index contributed by atoms with van der Waals surface area (Å²) in [6.45, 7) is 7.21. The van der Waals surface area contributed by atoms with Crippen LogP contribution in [-0.2, 0) is 0 Å². The van der Waals surface area contributed by atoms with Crippen molar-refractivity contribution in [2.24, 2.45) is 5.41 Å². The lowest BCUT2D eigenvalue weighted by molar-refractivity contribution is 0.0917. The van der Waals surface area contributed by atoms with Gasteiger partial charge in [-0.2, -0.15) is 0 Å². The first-order chi connectivity index (χ1) is 12.3. The molecular formula is C20H25ClN4O. The molecule has 0 radical (unpaired) electrons. The number of aromatic nitrogens is 2. The lowest BCUT2D eigenvalue weighted by atomic mass is 9.93. The summed E-state index contributed by atoms with van der Waals surface area (Å²) in [6, 6.07) is 7.85. The minimum Gasteiger partial charge on any atom is -0.369 e. The second-order valence-electron chi connectivity index (χ2n) is 7.99. The molecule has 1 aromatic carbocycles. The Morgan fingerprint density at radius 2 is 1.92 bits per heavy atom. The fourth-order valence-corrected chi connectivity index (χ4v) is 2.81. The molecule has 0 unspecified atom stereocenters. The summed E-state index contributed by atoms with van der Waals surface area (Å²) < 4.78 is 0. The SMILES string of the molecule is CC(C)(C)CNc1nc(Cl)ncc1-c1ccc(C(=O)NC2CCC2)cc1. The highest BCUT2D eigenvalue weighted by Gasteiger charge is 2.20. The predicted octanol–water partition coefficient (Wildman–Crippen LogP) is 4.54. The van der Waals surface area contributed by atoms with Crippen molar-refractivity contribution in [2.45, 2.75) is 46.1 Å². The summed E-state index contributed by atoms with van der Waals surface area (Å²) in [6.07, 6.45) is 5.07. The zero-order valence-corrected chi connectivity index (χ0v) is 16.2. The Labute approximate surface area is 159 Å².